The maximum absolute atomic E-state index is 13.0. The number of ether oxygens (including phenoxy) is 2. The maximum Gasteiger partial charge on any atom is 0.264 e. The third-order valence-electron chi connectivity index (χ3n) is 3.42. The zero-order valence-electron chi connectivity index (χ0n) is 13.8. The van der Waals surface area contributed by atoms with E-state index >= 15 is 0 Å². The predicted octanol–water partition coefficient (Wildman–Crippen LogP) is 3.96. The molecule has 0 spiro atoms. The highest BCUT2D eigenvalue weighted by molar-refractivity contribution is 7.92. The number of hydrogen-bond acceptors (Lipinski definition) is 4. The summed E-state index contributed by atoms with van der Waals surface area (Å²) in [5, 5.41) is 0.248. The molecule has 5 nitrogen and oxygen atoms in total. The molecule has 2 aromatic carbocycles. The molecule has 0 aliphatic rings. The van der Waals surface area contributed by atoms with E-state index in [1.54, 1.807) is 37.3 Å². The van der Waals surface area contributed by atoms with Crippen LogP contribution in [0, 0.1) is 0 Å². The Labute approximate surface area is 147 Å². The number of halogens is 1. The number of sulfonamides is 1. The first-order valence-corrected chi connectivity index (χ1v) is 9.35. The Balaban J connectivity index is 2.45. The largest absolute Gasteiger partial charge is 0.495 e. The number of benzene rings is 2. The molecule has 2 aromatic rings. The van der Waals surface area contributed by atoms with Gasteiger partial charge in [0.2, 0.25) is 0 Å². The molecule has 0 unspecified atom stereocenters. The lowest BCUT2D eigenvalue weighted by atomic mass is 10.3. The summed E-state index contributed by atoms with van der Waals surface area (Å²) in [5.41, 5.74) is 0.537. The van der Waals surface area contributed by atoms with E-state index in [0.717, 1.165) is 0 Å². The summed E-state index contributed by atoms with van der Waals surface area (Å²) in [6.07, 6.45) is 0. The fraction of sp³-hybridized carbons (Fsp3) is 0.294. The van der Waals surface area contributed by atoms with Gasteiger partial charge in [0, 0.05) is 12.6 Å². The lowest BCUT2D eigenvalue weighted by Crippen LogP contribution is -2.30. The van der Waals surface area contributed by atoms with Crippen LogP contribution in [0.2, 0.25) is 5.02 Å². The van der Waals surface area contributed by atoms with E-state index in [4.69, 9.17) is 21.1 Å². The van der Waals surface area contributed by atoms with Crippen molar-refractivity contribution in [3.05, 3.63) is 47.5 Å². The molecule has 0 heterocycles. The van der Waals surface area contributed by atoms with Gasteiger partial charge < -0.3 is 9.47 Å². The van der Waals surface area contributed by atoms with Crippen LogP contribution in [0.15, 0.2) is 47.4 Å². The topological polar surface area (TPSA) is 55.8 Å². The minimum atomic E-state index is -3.75. The van der Waals surface area contributed by atoms with Crippen LogP contribution in [0.1, 0.15) is 13.8 Å². The van der Waals surface area contributed by atoms with Crippen LogP contribution in [0.3, 0.4) is 0 Å². The molecule has 0 atom stereocenters. The summed E-state index contributed by atoms with van der Waals surface area (Å²) in [4.78, 5) is 0.108. The second kappa shape index (κ2) is 7.77. The van der Waals surface area contributed by atoms with Gasteiger partial charge in [-0.1, -0.05) is 17.7 Å². The standard InChI is InChI=1S/C17H20ClNO4S/c1-4-19(13-7-6-8-14(11-13)23-5-2)24(20,21)15-9-10-17(22-3)16(18)12-15/h6-12H,4-5H2,1-3H3. The number of nitrogens with zero attached hydrogens (tertiary/aromatic N) is 1. The van der Waals surface area contributed by atoms with Crippen molar-refractivity contribution in [3.8, 4) is 11.5 Å². The molecule has 130 valence electrons. The second-order valence-electron chi connectivity index (χ2n) is 4.90. The Kier molecular flexibility index (Phi) is 5.96. The highest BCUT2D eigenvalue weighted by Gasteiger charge is 2.24. The highest BCUT2D eigenvalue weighted by atomic mass is 35.5. The average molecular weight is 370 g/mol. The van der Waals surface area contributed by atoms with E-state index in [0.29, 0.717) is 23.8 Å². The third kappa shape index (κ3) is 3.76. The van der Waals surface area contributed by atoms with E-state index in [9.17, 15) is 8.42 Å². The number of methoxy groups -OCH3 is 1. The minimum Gasteiger partial charge on any atom is -0.495 e. The van der Waals surface area contributed by atoms with E-state index in [2.05, 4.69) is 0 Å². The van der Waals surface area contributed by atoms with Crippen molar-refractivity contribution in [2.24, 2.45) is 0 Å². The monoisotopic (exact) mass is 369 g/mol. The molecular formula is C17H20ClNO4S. The summed E-state index contributed by atoms with van der Waals surface area (Å²) in [6, 6.07) is 11.4. The van der Waals surface area contributed by atoms with Crippen molar-refractivity contribution in [1.82, 2.24) is 0 Å². The van der Waals surface area contributed by atoms with Gasteiger partial charge in [-0.05, 0) is 44.2 Å². The Hall–Kier alpha value is -1.92. The van der Waals surface area contributed by atoms with Crippen molar-refractivity contribution >= 4 is 27.3 Å². The molecule has 0 aliphatic carbocycles. The Morgan fingerprint density at radius 1 is 1.12 bits per heavy atom. The summed E-state index contributed by atoms with van der Waals surface area (Å²) >= 11 is 6.07. The normalized spacial score (nSPS) is 11.2. The smallest absolute Gasteiger partial charge is 0.264 e. The third-order valence-corrected chi connectivity index (χ3v) is 5.61. The second-order valence-corrected chi connectivity index (χ2v) is 7.17. The molecule has 0 amide bonds. The average Bonchev–Trinajstić information content (AvgIpc) is 2.56. The summed E-state index contributed by atoms with van der Waals surface area (Å²) in [7, 11) is -2.27. The van der Waals surface area contributed by atoms with Crippen molar-refractivity contribution in [2.75, 3.05) is 24.6 Å². The van der Waals surface area contributed by atoms with Crippen molar-refractivity contribution in [2.45, 2.75) is 18.7 Å². The lowest BCUT2D eigenvalue weighted by molar-refractivity contribution is 0.340. The Bertz CT molecular complexity index is 808. The van der Waals surface area contributed by atoms with Gasteiger partial charge >= 0.3 is 0 Å². The van der Waals surface area contributed by atoms with Crippen LogP contribution in [-0.4, -0.2) is 28.7 Å². The molecule has 0 N–H and O–H groups in total. The molecule has 0 aliphatic heterocycles. The molecule has 2 rings (SSSR count). The van der Waals surface area contributed by atoms with Gasteiger partial charge in [0.1, 0.15) is 11.5 Å². The maximum atomic E-state index is 13.0. The highest BCUT2D eigenvalue weighted by Crippen LogP contribution is 2.31. The van der Waals surface area contributed by atoms with Crippen molar-refractivity contribution in [1.29, 1.82) is 0 Å². The fourth-order valence-corrected chi connectivity index (χ4v) is 4.14. The van der Waals surface area contributed by atoms with Gasteiger partial charge in [0.05, 0.1) is 29.3 Å². The fourth-order valence-electron chi connectivity index (χ4n) is 2.32. The van der Waals surface area contributed by atoms with Gasteiger partial charge in [0.25, 0.3) is 10.0 Å². The van der Waals surface area contributed by atoms with Crippen LogP contribution >= 0.6 is 11.6 Å². The number of hydrogen-bond donors (Lipinski definition) is 0. The molecule has 0 radical (unpaired) electrons. The summed E-state index contributed by atoms with van der Waals surface area (Å²) in [6.45, 7) is 4.44. The Morgan fingerprint density at radius 2 is 1.88 bits per heavy atom. The predicted molar refractivity (Wildman–Crippen MR) is 95.8 cm³/mol. The lowest BCUT2D eigenvalue weighted by Gasteiger charge is -2.23. The molecule has 0 fully saturated rings. The quantitative estimate of drug-likeness (QED) is 0.741. The first-order chi connectivity index (χ1) is 11.4. The summed E-state index contributed by atoms with van der Waals surface area (Å²) in [5.74, 6) is 1.05. The molecule has 24 heavy (non-hydrogen) atoms. The van der Waals surface area contributed by atoms with Crippen LogP contribution in [0.25, 0.3) is 0 Å². The van der Waals surface area contributed by atoms with Gasteiger partial charge in [0.15, 0.2) is 0 Å². The minimum absolute atomic E-state index is 0.108. The zero-order chi connectivity index (χ0) is 17.7. The zero-order valence-corrected chi connectivity index (χ0v) is 15.4. The van der Waals surface area contributed by atoms with Gasteiger partial charge in [-0.2, -0.15) is 0 Å². The first kappa shape index (κ1) is 18.4. The van der Waals surface area contributed by atoms with Gasteiger partial charge in [-0.25, -0.2) is 8.42 Å². The van der Waals surface area contributed by atoms with E-state index in [1.807, 2.05) is 6.92 Å². The SMILES string of the molecule is CCOc1cccc(N(CC)S(=O)(=O)c2ccc(OC)c(Cl)c2)c1. The van der Waals surface area contributed by atoms with Crippen LogP contribution in [0.4, 0.5) is 5.69 Å². The molecule has 0 saturated heterocycles. The molecule has 0 bridgehead atoms. The van der Waals surface area contributed by atoms with Crippen molar-refractivity contribution < 1.29 is 17.9 Å². The van der Waals surface area contributed by atoms with E-state index in [1.165, 1.54) is 23.5 Å². The molecule has 0 aromatic heterocycles. The van der Waals surface area contributed by atoms with E-state index < -0.39 is 10.0 Å². The van der Waals surface area contributed by atoms with Crippen LogP contribution in [0.5, 0.6) is 11.5 Å². The summed E-state index contributed by atoms with van der Waals surface area (Å²) < 4.78 is 37.8. The van der Waals surface area contributed by atoms with Gasteiger partial charge in [-0.3, -0.25) is 4.31 Å². The first-order valence-electron chi connectivity index (χ1n) is 7.53. The molecule has 7 heteroatoms. The van der Waals surface area contributed by atoms with Crippen LogP contribution in [-0.2, 0) is 10.0 Å². The van der Waals surface area contributed by atoms with Gasteiger partial charge in [-0.15, -0.1) is 0 Å². The number of anilines is 1. The molecular weight excluding hydrogens is 350 g/mol. The van der Waals surface area contributed by atoms with Crippen LogP contribution < -0.4 is 13.8 Å². The van der Waals surface area contributed by atoms with E-state index in [-0.39, 0.29) is 16.5 Å². The Morgan fingerprint density at radius 3 is 2.46 bits per heavy atom. The number of rotatable bonds is 7. The van der Waals surface area contributed by atoms with Crippen molar-refractivity contribution in [3.63, 3.8) is 0 Å². The molecule has 0 saturated carbocycles.